The maximum absolute atomic E-state index is 5.59. The number of H-pyrrole nitrogens is 1. The van der Waals surface area contributed by atoms with Gasteiger partial charge in [0.05, 0.1) is 38.5 Å². The number of nitrogens with one attached hydrogen (secondary N) is 1. The molecule has 7 heteroatoms. The van der Waals surface area contributed by atoms with E-state index in [0.29, 0.717) is 0 Å². The Balaban J connectivity index is 1.74. The van der Waals surface area contributed by atoms with Crippen molar-refractivity contribution in [2.75, 3.05) is 20.8 Å². The van der Waals surface area contributed by atoms with Crippen LogP contribution in [0.25, 0.3) is 0 Å². The van der Waals surface area contributed by atoms with Crippen LogP contribution >= 0.6 is 0 Å². The van der Waals surface area contributed by atoms with Gasteiger partial charge in [0, 0.05) is 49.1 Å². The van der Waals surface area contributed by atoms with Gasteiger partial charge in [-0.15, -0.1) is 0 Å². The zero-order valence-corrected chi connectivity index (χ0v) is 16.2. The summed E-state index contributed by atoms with van der Waals surface area (Å²) in [6.45, 7) is 3.77. The van der Waals surface area contributed by atoms with Gasteiger partial charge in [0.1, 0.15) is 11.5 Å². The standard InChI is InChI=1S/C20H25N5O2/c1-13-16(10-23-24(13)2)20-19-17(21-12-22-19)7-8-25(20)11-14-9-15(26-3)5-6-18(14)27-4/h5-6,9-10,12,20H,7-8,11H2,1-4H3,(H,21,22). The Labute approximate surface area is 158 Å². The van der Waals surface area contributed by atoms with E-state index < -0.39 is 0 Å². The first kappa shape index (κ1) is 17.6. The van der Waals surface area contributed by atoms with E-state index in [9.17, 15) is 0 Å². The Morgan fingerprint density at radius 3 is 2.81 bits per heavy atom. The number of aryl methyl sites for hydroxylation is 1. The van der Waals surface area contributed by atoms with Crippen molar-refractivity contribution in [2.45, 2.75) is 25.9 Å². The fraction of sp³-hybridized carbons (Fsp3) is 0.400. The molecule has 0 saturated carbocycles. The highest BCUT2D eigenvalue weighted by Crippen LogP contribution is 2.37. The summed E-state index contributed by atoms with van der Waals surface area (Å²) in [6, 6.07) is 5.99. The minimum absolute atomic E-state index is 0.0598. The van der Waals surface area contributed by atoms with Gasteiger partial charge in [0.15, 0.2) is 0 Å². The van der Waals surface area contributed by atoms with Crippen LogP contribution in [0, 0.1) is 6.92 Å². The lowest BCUT2D eigenvalue weighted by atomic mass is 9.95. The smallest absolute Gasteiger partial charge is 0.123 e. The van der Waals surface area contributed by atoms with Gasteiger partial charge in [-0.05, 0) is 25.1 Å². The Kier molecular flexibility index (Phi) is 4.61. The summed E-state index contributed by atoms with van der Waals surface area (Å²) in [5, 5.41) is 4.46. The summed E-state index contributed by atoms with van der Waals surface area (Å²) in [5.41, 5.74) is 5.73. The molecule has 3 aromatic rings. The van der Waals surface area contributed by atoms with Crippen molar-refractivity contribution in [3.05, 3.63) is 58.9 Å². The summed E-state index contributed by atoms with van der Waals surface area (Å²) in [4.78, 5) is 10.4. The van der Waals surface area contributed by atoms with Gasteiger partial charge < -0.3 is 14.5 Å². The maximum atomic E-state index is 5.59. The predicted octanol–water partition coefficient (Wildman–Crippen LogP) is 2.62. The highest BCUT2D eigenvalue weighted by Gasteiger charge is 2.33. The molecule has 0 amide bonds. The highest BCUT2D eigenvalue weighted by atomic mass is 16.5. The topological polar surface area (TPSA) is 68.2 Å². The van der Waals surface area contributed by atoms with Gasteiger partial charge in [-0.25, -0.2) is 4.98 Å². The van der Waals surface area contributed by atoms with Crippen molar-refractivity contribution in [2.24, 2.45) is 7.05 Å². The van der Waals surface area contributed by atoms with E-state index in [0.717, 1.165) is 48.0 Å². The average Bonchev–Trinajstić information content (AvgIpc) is 3.29. The van der Waals surface area contributed by atoms with Gasteiger partial charge in [0.2, 0.25) is 0 Å². The second kappa shape index (κ2) is 7.08. The molecule has 0 fully saturated rings. The maximum Gasteiger partial charge on any atom is 0.123 e. The molecule has 2 aromatic heterocycles. The molecule has 1 aromatic carbocycles. The van der Waals surface area contributed by atoms with Crippen molar-refractivity contribution >= 4 is 0 Å². The van der Waals surface area contributed by atoms with E-state index in [1.165, 1.54) is 11.3 Å². The molecular formula is C20H25N5O2. The second-order valence-electron chi connectivity index (χ2n) is 6.88. The predicted molar refractivity (Wildman–Crippen MR) is 102 cm³/mol. The van der Waals surface area contributed by atoms with E-state index in [2.05, 4.69) is 26.9 Å². The minimum Gasteiger partial charge on any atom is -0.497 e. The minimum atomic E-state index is 0.0598. The van der Waals surface area contributed by atoms with Crippen LogP contribution in [0.3, 0.4) is 0 Å². The number of benzene rings is 1. The first-order valence-corrected chi connectivity index (χ1v) is 9.08. The average molecular weight is 367 g/mol. The third-order valence-electron chi connectivity index (χ3n) is 5.45. The van der Waals surface area contributed by atoms with Crippen molar-refractivity contribution in [1.82, 2.24) is 24.6 Å². The highest BCUT2D eigenvalue weighted by molar-refractivity contribution is 5.41. The fourth-order valence-corrected chi connectivity index (χ4v) is 3.85. The van der Waals surface area contributed by atoms with Crippen LogP contribution < -0.4 is 9.47 Å². The van der Waals surface area contributed by atoms with Gasteiger partial charge in [0.25, 0.3) is 0 Å². The Bertz CT molecular complexity index is 946. The second-order valence-corrected chi connectivity index (χ2v) is 6.88. The zero-order chi connectivity index (χ0) is 19.0. The van der Waals surface area contributed by atoms with Crippen molar-refractivity contribution in [1.29, 1.82) is 0 Å². The number of hydrogen-bond donors (Lipinski definition) is 1. The summed E-state index contributed by atoms with van der Waals surface area (Å²) in [6.07, 6.45) is 4.69. The Hall–Kier alpha value is -2.80. The number of aromatic nitrogens is 4. The molecule has 142 valence electrons. The fourth-order valence-electron chi connectivity index (χ4n) is 3.85. The van der Waals surface area contributed by atoms with Crippen LogP contribution in [0.1, 0.15) is 34.3 Å². The van der Waals surface area contributed by atoms with E-state index in [1.807, 2.05) is 36.1 Å². The quantitative estimate of drug-likeness (QED) is 0.751. The number of hydrogen-bond acceptors (Lipinski definition) is 5. The molecule has 1 aliphatic heterocycles. The van der Waals surface area contributed by atoms with Crippen molar-refractivity contribution in [3.8, 4) is 11.5 Å². The lowest BCUT2D eigenvalue weighted by molar-refractivity contribution is 0.197. The third kappa shape index (κ3) is 3.08. The molecule has 0 saturated heterocycles. The summed E-state index contributed by atoms with van der Waals surface area (Å²) in [7, 11) is 5.36. The first-order chi connectivity index (χ1) is 13.1. The number of methoxy groups -OCH3 is 2. The number of aromatic amines is 1. The first-order valence-electron chi connectivity index (χ1n) is 9.08. The molecule has 0 radical (unpaired) electrons. The molecule has 1 aliphatic rings. The van der Waals surface area contributed by atoms with E-state index in [-0.39, 0.29) is 6.04 Å². The third-order valence-corrected chi connectivity index (χ3v) is 5.45. The van der Waals surface area contributed by atoms with E-state index in [1.54, 1.807) is 20.5 Å². The van der Waals surface area contributed by atoms with Gasteiger partial charge in [-0.3, -0.25) is 9.58 Å². The molecular weight excluding hydrogens is 342 g/mol. The molecule has 1 N–H and O–H groups in total. The van der Waals surface area contributed by atoms with Crippen molar-refractivity contribution in [3.63, 3.8) is 0 Å². The molecule has 1 unspecified atom stereocenters. The van der Waals surface area contributed by atoms with Crippen molar-refractivity contribution < 1.29 is 9.47 Å². The van der Waals surface area contributed by atoms with Gasteiger partial charge in [-0.1, -0.05) is 0 Å². The number of nitrogens with zero attached hydrogens (tertiary/aromatic N) is 4. The van der Waals surface area contributed by atoms with E-state index in [4.69, 9.17) is 9.47 Å². The lowest BCUT2D eigenvalue weighted by Crippen LogP contribution is -2.36. The number of fused-ring (bicyclic) bond motifs is 1. The Morgan fingerprint density at radius 1 is 1.26 bits per heavy atom. The molecule has 3 heterocycles. The summed E-state index contributed by atoms with van der Waals surface area (Å²) in [5.74, 6) is 1.70. The lowest BCUT2D eigenvalue weighted by Gasteiger charge is -2.35. The van der Waals surface area contributed by atoms with Crippen LogP contribution in [0.2, 0.25) is 0 Å². The Morgan fingerprint density at radius 2 is 2.11 bits per heavy atom. The molecule has 0 bridgehead atoms. The van der Waals surface area contributed by atoms with Crippen LogP contribution in [0.15, 0.2) is 30.7 Å². The van der Waals surface area contributed by atoms with Crippen LogP contribution in [0.5, 0.6) is 11.5 Å². The number of imidazole rings is 1. The van der Waals surface area contributed by atoms with Gasteiger partial charge in [-0.2, -0.15) is 5.10 Å². The number of ether oxygens (including phenoxy) is 2. The van der Waals surface area contributed by atoms with Crippen LogP contribution in [-0.4, -0.2) is 45.4 Å². The molecule has 0 aliphatic carbocycles. The molecule has 7 nitrogen and oxygen atoms in total. The summed E-state index contributed by atoms with van der Waals surface area (Å²) >= 11 is 0. The molecule has 4 rings (SSSR count). The molecule has 0 spiro atoms. The largest absolute Gasteiger partial charge is 0.497 e. The van der Waals surface area contributed by atoms with Gasteiger partial charge >= 0.3 is 0 Å². The zero-order valence-electron chi connectivity index (χ0n) is 16.2. The molecule has 1 atom stereocenters. The monoisotopic (exact) mass is 367 g/mol. The van der Waals surface area contributed by atoms with Crippen LogP contribution in [0.4, 0.5) is 0 Å². The van der Waals surface area contributed by atoms with E-state index >= 15 is 0 Å². The van der Waals surface area contributed by atoms with Crippen LogP contribution in [-0.2, 0) is 20.0 Å². The summed E-state index contributed by atoms with van der Waals surface area (Å²) < 4.78 is 12.9. The molecule has 27 heavy (non-hydrogen) atoms. The number of rotatable bonds is 5. The normalized spacial score (nSPS) is 17.0. The SMILES string of the molecule is COc1ccc(OC)c(CN2CCc3[nH]cnc3C2c2cnn(C)c2C)c1.